The number of carbonyl (C=O) groups excluding carboxylic acids is 5. The molecule has 276 valence electrons. The SMILES string of the molecule is COC1=CC=C(CCCC2CC=CC(OCC(=O)NCCCCNC(=O)COc3cccc4c3CN(C3CCC(=O)NC3=O)C4=O)C2)CC1OC. The maximum atomic E-state index is 13.0. The van der Waals surface area contributed by atoms with E-state index in [2.05, 4.69) is 34.2 Å². The van der Waals surface area contributed by atoms with Gasteiger partial charge in [0.25, 0.3) is 11.8 Å². The van der Waals surface area contributed by atoms with Crippen molar-refractivity contribution in [3.63, 3.8) is 0 Å². The average Bonchev–Trinajstić information content (AvgIpc) is 3.47. The van der Waals surface area contributed by atoms with Gasteiger partial charge in [0.2, 0.25) is 17.7 Å². The first kappa shape index (κ1) is 37.8. The van der Waals surface area contributed by atoms with Gasteiger partial charge in [-0.25, -0.2) is 0 Å². The molecule has 2 heterocycles. The predicted molar refractivity (Wildman–Crippen MR) is 187 cm³/mol. The van der Waals surface area contributed by atoms with Crippen LogP contribution in [0, 0.1) is 5.92 Å². The number of ether oxygens (including phenoxy) is 4. The van der Waals surface area contributed by atoms with E-state index >= 15 is 0 Å². The third-order valence-electron chi connectivity index (χ3n) is 9.84. The fourth-order valence-electron chi connectivity index (χ4n) is 7.03. The molecule has 4 unspecified atom stereocenters. The molecule has 1 aromatic rings. The number of methoxy groups -OCH3 is 2. The summed E-state index contributed by atoms with van der Waals surface area (Å²) in [5.41, 5.74) is 2.41. The van der Waals surface area contributed by atoms with Crippen LogP contribution >= 0.6 is 0 Å². The number of benzene rings is 1. The van der Waals surface area contributed by atoms with Gasteiger partial charge in [-0.05, 0) is 75.5 Å². The lowest BCUT2D eigenvalue weighted by Crippen LogP contribution is -2.52. The van der Waals surface area contributed by atoms with Gasteiger partial charge >= 0.3 is 0 Å². The summed E-state index contributed by atoms with van der Waals surface area (Å²) in [6.07, 6.45) is 16.1. The van der Waals surface area contributed by atoms with Crippen LogP contribution in [0.1, 0.15) is 80.1 Å². The summed E-state index contributed by atoms with van der Waals surface area (Å²) in [7, 11) is 3.39. The second-order valence-electron chi connectivity index (χ2n) is 13.4. The summed E-state index contributed by atoms with van der Waals surface area (Å²) in [5.74, 6) is 0.211. The number of imide groups is 1. The highest BCUT2D eigenvalue weighted by atomic mass is 16.5. The normalized spacial score (nSPS) is 22.9. The Bertz CT molecular complexity index is 1540. The number of unbranched alkanes of at least 4 members (excludes halogenated alkanes) is 1. The Morgan fingerprint density at radius 2 is 1.78 bits per heavy atom. The van der Waals surface area contributed by atoms with Gasteiger partial charge in [-0.1, -0.05) is 29.9 Å². The minimum atomic E-state index is -0.724. The van der Waals surface area contributed by atoms with Gasteiger partial charge in [0, 0.05) is 44.2 Å². The molecule has 0 bridgehead atoms. The van der Waals surface area contributed by atoms with E-state index < -0.39 is 11.9 Å². The summed E-state index contributed by atoms with van der Waals surface area (Å²) in [6.45, 7) is 0.846. The Morgan fingerprint density at radius 3 is 2.53 bits per heavy atom. The molecule has 1 fully saturated rings. The molecule has 5 amide bonds. The molecule has 3 N–H and O–H groups in total. The van der Waals surface area contributed by atoms with Crippen molar-refractivity contribution in [1.29, 1.82) is 0 Å². The van der Waals surface area contributed by atoms with Crippen molar-refractivity contribution in [3.8, 4) is 5.75 Å². The van der Waals surface area contributed by atoms with Crippen LogP contribution in [0.2, 0.25) is 0 Å². The number of nitrogens with zero attached hydrogens (tertiary/aromatic N) is 1. The monoisotopic (exact) mass is 706 g/mol. The number of nitrogens with one attached hydrogen (secondary N) is 3. The van der Waals surface area contributed by atoms with Gasteiger partial charge in [-0.15, -0.1) is 0 Å². The van der Waals surface area contributed by atoms with Gasteiger partial charge in [-0.2, -0.15) is 0 Å². The van der Waals surface area contributed by atoms with Crippen LogP contribution in [0.4, 0.5) is 0 Å². The number of piperidine rings is 1. The first-order valence-electron chi connectivity index (χ1n) is 17.9. The van der Waals surface area contributed by atoms with Gasteiger partial charge in [0.15, 0.2) is 6.61 Å². The number of fused-ring (bicyclic) bond motifs is 1. The molecule has 1 aromatic carbocycles. The average molecular weight is 707 g/mol. The molecular weight excluding hydrogens is 656 g/mol. The summed E-state index contributed by atoms with van der Waals surface area (Å²) < 4.78 is 22.6. The molecule has 13 nitrogen and oxygen atoms in total. The van der Waals surface area contributed by atoms with E-state index in [0.717, 1.165) is 44.3 Å². The number of hydrogen-bond donors (Lipinski definition) is 3. The Hall–Kier alpha value is -4.49. The van der Waals surface area contributed by atoms with Crippen LogP contribution in [0.25, 0.3) is 0 Å². The third kappa shape index (κ3) is 10.5. The Morgan fingerprint density at radius 1 is 1.00 bits per heavy atom. The number of allylic oxidation sites excluding steroid dienone is 3. The molecule has 4 aliphatic rings. The van der Waals surface area contributed by atoms with Crippen molar-refractivity contribution in [3.05, 3.63) is 65.0 Å². The number of carbonyl (C=O) groups is 5. The van der Waals surface area contributed by atoms with Crippen molar-refractivity contribution >= 4 is 29.5 Å². The van der Waals surface area contributed by atoms with Crippen molar-refractivity contribution in [2.24, 2.45) is 5.92 Å². The van der Waals surface area contributed by atoms with Gasteiger partial charge < -0.3 is 34.5 Å². The summed E-state index contributed by atoms with van der Waals surface area (Å²) >= 11 is 0. The molecule has 0 spiro atoms. The van der Waals surface area contributed by atoms with E-state index in [1.54, 1.807) is 32.4 Å². The molecule has 4 atom stereocenters. The van der Waals surface area contributed by atoms with E-state index in [9.17, 15) is 24.0 Å². The maximum Gasteiger partial charge on any atom is 0.257 e. The Kier molecular flexibility index (Phi) is 13.8. The van der Waals surface area contributed by atoms with Crippen molar-refractivity contribution in [2.75, 3.05) is 40.5 Å². The number of hydrogen-bond acceptors (Lipinski definition) is 9. The second kappa shape index (κ2) is 18.7. The predicted octanol–water partition coefficient (Wildman–Crippen LogP) is 3.24. The second-order valence-corrected chi connectivity index (χ2v) is 13.4. The minimum Gasteiger partial charge on any atom is -0.498 e. The van der Waals surface area contributed by atoms with Crippen LogP contribution in [0.5, 0.6) is 5.75 Å². The molecule has 51 heavy (non-hydrogen) atoms. The van der Waals surface area contributed by atoms with E-state index in [0.29, 0.717) is 48.7 Å². The number of amides is 5. The molecular formula is C38H50N4O9. The quantitative estimate of drug-likeness (QED) is 0.118. The van der Waals surface area contributed by atoms with Crippen molar-refractivity contribution in [1.82, 2.24) is 20.9 Å². The van der Waals surface area contributed by atoms with Crippen LogP contribution in [0.3, 0.4) is 0 Å². The standard InChI is InChI=1S/C38H50N4O9/c1-48-32-16-14-26(21-33(32)49-2)9-5-8-25-10-6-11-27(20-25)50-23-35(44)39-18-3-4-19-40-36(45)24-51-31-13-7-12-28-29(31)22-42(38(28)47)30-15-17-34(43)41-37(30)46/h6-7,11-14,16,25,27,30,33H,3-5,8-10,15,17-24H2,1-2H3,(H,39,44)(H,40,45)(H,41,43,46). The van der Waals surface area contributed by atoms with Gasteiger partial charge in [0.1, 0.15) is 30.3 Å². The summed E-state index contributed by atoms with van der Waals surface area (Å²) in [6, 6.07) is 4.30. The molecule has 0 aromatic heterocycles. The van der Waals surface area contributed by atoms with Crippen LogP contribution in [-0.4, -0.2) is 93.2 Å². The molecule has 0 saturated carbocycles. The Balaban J connectivity index is 0.908. The summed E-state index contributed by atoms with van der Waals surface area (Å²) in [4.78, 5) is 63.1. The zero-order chi connectivity index (χ0) is 36.2. The fraction of sp³-hybridized carbons (Fsp3) is 0.553. The first-order chi connectivity index (χ1) is 24.7. The van der Waals surface area contributed by atoms with Crippen molar-refractivity contribution < 1.29 is 42.9 Å². The summed E-state index contributed by atoms with van der Waals surface area (Å²) in [5, 5.41) is 7.99. The highest BCUT2D eigenvalue weighted by Crippen LogP contribution is 2.34. The molecule has 2 aliphatic heterocycles. The highest BCUT2D eigenvalue weighted by molar-refractivity contribution is 6.05. The zero-order valence-electron chi connectivity index (χ0n) is 29.6. The van der Waals surface area contributed by atoms with E-state index in [-0.39, 0.29) is 68.4 Å². The van der Waals surface area contributed by atoms with Crippen LogP contribution in [0.15, 0.2) is 53.8 Å². The lowest BCUT2D eigenvalue weighted by Gasteiger charge is -2.29. The maximum absolute atomic E-state index is 13.0. The third-order valence-corrected chi connectivity index (χ3v) is 9.84. The number of rotatable bonds is 18. The Labute approximate surface area is 299 Å². The van der Waals surface area contributed by atoms with Gasteiger partial charge in [0.05, 0.1) is 19.8 Å². The van der Waals surface area contributed by atoms with Gasteiger partial charge in [-0.3, -0.25) is 29.3 Å². The van der Waals surface area contributed by atoms with E-state index in [1.807, 2.05) is 6.08 Å². The van der Waals surface area contributed by atoms with Crippen LogP contribution < -0.4 is 20.7 Å². The lowest BCUT2D eigenvalue weighted by molar-refractivity contribution is -0.137. The fourth-order valence-corrected chi connectivity index (χ4v) is 7.03. The molecule has 1 saturated heterocycles. The molecule has 0 radical (unpaired) electrons. The van der Waals surface area contributed by atoms with E-state index in [4.69, 9.17) is 18.9 Å². The van der Waals surface area contributed by atoms with Crippen molar-refractivity contribution in [2.45, 2.75) is 89.0 Å². The lowest BCUT2D eigenvalue weighted by atomic mass is 9.87. The van der Waals surface area contributed by atoms with E-state index in [1.165, 1.54) is 10.5 Å². The zero-order valence-corrected chi connectivity index (χ0v) is 29.6. The van der Waals surface area contributed by atoms with Crippen LogP contribution in [-0.2, 0) is 39.9 Å². The molecule has 5 rings (SSSR count). The largest absolute Gasteiger partial charge is 0.498 e. The first-order valence-corrected chi connectivity index (χ1v) is 17.9. The smallest absolute Gasteiger partial charge is 0.257 e. The molecule has 2 aliphatic carbocycles. The topological polar surface area (TPSA) is 162 Å². The molecule has 13 heteroatoms. The minimum absolute atomic E-state index is 0.00900. The highest BCUT2D eigenvalue weighted by Gasteiger charge is 2.40.